The molecule has 0 atom stereocenters. The molecular weight excluding hydrogens is 318 g/mol. The minimum atomic E-state index is -3.47. The smallest absolute Gasteiger partial charge is 0.243 e. The fraction of sp³-hybridized carbons (Fsp3) is 0.500. The van der Waals surface area contributed by atoms with Gasteiger partial charge in [0.2, 0.25) is 10.0 Å². The van der Waals surface area contributed by atoms with Crippen LogP contribution in [0.25, 0.3) is 0 Å². The zero-order valence-electron chi connectivity index (χ0n) is 10.8. The molecule has 1 aromatic carbocycles. The number of ether oxygens (including phenoxy) is 1. The van der Waals surface area contributed by atoms with Gasteiger partial charge in [-0.05, 0) is 32.0 Å². The molecule has 0 radical (unpaired) electrons. The average Bonchev–Trinajstić information content (AvgIpc) is 2.28. The summed E-state index contributed by atoms with van der Waals surface area (Å²) < 4.78 is 32.1. The molecule has 0 N–H and O–H groups in total. The second-order valence-electron chi connectivity index (χ2n) is 4.16. The lowest BCUT2D eigenvalue weighted by Gasteiger charge is -2.25. The van der Waals surface area contributed by atoms with E-state index < -0.39 is 10.0 Å². The largest absolute Gasteiger partial charge is 0.383 e. The van der Waals surface area contributed by atoms with Crippen molar-refractivity contribution in [3.8, 4) is 0 Å². The molecule has 0 amide bonds. The molecule has 1 rings (SSSR count). The van der Waals surface area contributed by atoms with Crippen LogP contribution >= 0.6 is 15.9 Å². The van der Waals surface area contributed by atoms with E-state index in [4.69, 9.17) is 4.74 Å². The Morgan fingerprint density at radius 3 is 2.56 bits per heavy atom. The van der Waals surface area contributed by atoms with Gasteiger partial charge >= 0.3 is 0 Å². The minimum Gasteiger partial charge on any atom is -0.383 e. The SMILES string of the molecule is COCCN(C(C)C)S(=O)(=O)c1cccc(Br)c1. The topological polar surface area (TPSA) is 46.6 Å². The van der Waals surface area contributed by atoms with Crippen LogP contribution in [0.5, 0.6) is 0 Å². The van der Waals surface area contributed by atoms with Crippen LogP contribution in [0.1, 0.15) is 13.8 Å². The molecule has 6 heteroatoms. The molecular formula is C12H18BrNO3S. The summed E-state index contributed by atoms with van der Waals surface area (Å²) in [7, 11) is -1.91. The van der Waals surface area contributed by atoms with Crippen LogP contribution in [0.4, 0.5) is 0 Å². The highest BCUT2D eigenvalue weighted by molar-refractivity contribution is 9.10. The summed E-state index contributed by atoms with van der Waals surface area (Å²) in [5, 5.41) is 0. The number of sulfonamides is 1. The van der Waals surface area contributed by atoms with Crippen LogP contribution in [0.2, 0.25) is 0 Å². The molecule has 0 aromatic heterocycles. The zero-order valence-corrected chi connectivity index (χ0v) is 13.2. The fourth-order valence-electron chi connectivity index (χ4n) is 1.60. The predicted octanol–water partition coefficient (Wildman–Crippen LogP) is 2.49. The highest BCUT2D eigenvalue weighted by Gasteiger charge is 2.26. The molecule has 0 saturated carbocycles. The molecule has 0 saturated heterocycles. The standard InChI is InChI=1S/C12H18BrNO3S/c1-10(2)14(7-8-17-3)18(15,16)12-6-4-5-11(13)9-12/h4-6,9-10H,7-8H2,1-3H3. The third-order valence-electron chi connectivity index (χ3n) is 2.49. The first kappa shape index (κ1) is 15.6. The van der Waals surface area contributed by atoms with E-state index in [1.807, 2.05) is 13.8 Å². The number of hydrogen-bond acceptors (Lipinski definition) is 3. The normalized spacial score (nSPS) is 12.3. The maximum atomic E-state index is 12.5. The van der Waals surface area contributed by atoms with Crippen molar-refractivity contribution in [2.75, 3.05) is 20.3 Å². The summed E-state index contributed by atoms with van der Waals surface area (Å²) >= 11 is 3.29. The van der Waals surface area contributed by atoms with Crippen LogP contribution in [0.3, 0.4) is 0 Å². The van der Waals surface area contributed by atoms with Crippen molar-refractivity contribution in [2.24, 2.45) is 0 Å². The monoisotopic (exact) mass is 335 g/mol. The first-order valence-corrected chi connectivity index (χ1v) is 7.89. The molecule has 0 heterocycles. The Hall–Kier alpha value is -0.430. The molecule has 4 nitrogen and oxygen atoms in total. The Morgan fingerprint density at radius 1 is 1.39 bits per heavy atom. The third-order valence-corrected chi connectivity index (χ3v) is 5.06. The summed E-state index contributed by atoms with van der Waals surface area (Å²) in [5.41, 5.74) is 0. The number of halogens is 1. The van der Waals surface area contributed by atoms with E-state index in [2.05, 4.69) is 15.9 Å². The van der Waals surface area contributed by atoms with Gasteiger partial charge in [0.25, 0.3) is 0 Å². The van der Waals surface area contributed by atoms with Gasteiger partial charge in [0.05, 0.1) is 11.5 Å². The van der Waals surface area contributed by atoms with Crippen LogP contribution < -0.4 is 0 Å². The Balaban J connectivity index is 3.09. The molecule has 18 heavy (non-hydrogen) atoms. The van der Waals surface area contributed by atoms with Crippen molar-refractivity contribution in [1.29, 1.82) is 0 Å². The third kappa shape index (κ3) is 3.78. The Bertz CT molecular complexity index is 488. The zero-order chi connectivity index (χ0) is 13.8. The van der Waals surface area contributed by atoms with Gasteiger partial charge in [0.1, 0.15) is 0 Å². The van der Waals surface area contributed by atoms with Gasteiger partial charge in [-0.2, -0.15) is 4.31 Å². The summed E-state index contributed by atoms with van der Waals surface area (Å²) in [4.78, 5) is 0.293. The number of benzene rings is 1. The minimum absolute atomic E-state index is 0.107. The Morgan fingerprint density at radius 2 is 2.06 bits per heavy atom. The molecule has 0 unspecified atom stereocenters. The number of rotatable bonds is 6. The van der Waals surface area contributed by atoms with Crippen molar-refractivity contribution < 1.29 is 13.2 Å². The van der Waals surface area contributed by atoms with Crippen molar-refractivity contribution in [3.63, 3.8) is 0 Å². The highest BCUT2D eigenvalue weighted by Crippen LogP contribution is 2.21. The number of hydrogen-bond donors (Lipinski definition) is 0. The van der Waals surface area contributed by atoms with Gasteiger partial charge < -0.3 is 4.74 Å². The predicted molar refractivity (Wildman–Crippen MR) is 75.0 cm³/mol. The number of nitrogens with zero attached hydrogens (tertiary/aromatic N) is 1. The molecule has 0 aliphatic heterocycles. The molecule has 0 fully saturated rings. The van der Waals surface area contributed by atoms with E-state index in [1.54, 1.807) is 31.4 Å². The van der Waals surface area contributed by atoms with Crippen molar-refractivity contribution in [3.05, 3.63) is 28.7 Å². The maximum Gasteiger partial charge on any atom is 0.243 e. The molecule has 1 aromatic rings. The van der Waals surface area contributed by atoms with Gasteiger partial charge in [-0.25, -0.2) is 8.42 Å². The van der Waals surface area contributed by atoms with Crippen LogP contribution in [-0.2, 0) is 14.8 Å². The lowest BCUT2D eigenvalue weighted by Crippen LogP contribution is -2.39. The lowest BCUT2D eigenvalue weighted by atomic mass is 10.4. The van der Waals surface area contributed by atoms with Gasteiger partial charge in [-0.15, -0.1) is 0 Å². The van der Waals surface area contributed by atoms with Crippen LogP contribution in [0.15, 0.2) is 33.6 Å². The molecule has 102 valence electrons. The fourth-order valence-corrected chi connectivity index (χ4v) is 3.82. The second kappa shape index (κ2) is 6.65. The highest BCUT2D eigenvalue weighted by atomic mass is 79.9. The Kier molecular flexibility index (Phi) is 5.78. The van der Waals surface area contributed by atoms with Crippen LogP contribution in [-0.4, -0.2) is 39.0 Å². The van der Waals surface area contributed by atoms with Gasteiger partial charge in [0.15, 0.2) is 0 Å². The summed E-state index contributed by atoms with van der Waals surface area (Å²) in [6, 6.07) is 6.61. The molecule has 0 bridgehead atoms. The van der Waals surface area contributed by atoms with E-state index in [-0.39, 0.29) is 6.04 Å². The van der Waals surface area contributed by atoms with Gasteiger partial charge in [-0.1, -0.05) is 22.0 Å². The maximum absolute atomic E-state index is 12.5. The summed E-state index contributed by atoms with van der Waals surface area (Å²) in [6.45, 7) is 4.44. The Labute approximate surface area is 117 Å². The van der Waals surface area contributed by atoms with E-state index in [9.17, 15) is 8.42 Å². The molecule has 0 aliphatic rings. The van der Waals surface area contributed by atoms with E-state index in [1.165, 1.54) is 4.31 Å². The van der Waals surface area contributed by atoms with Crippen LogP contribution in [0, 0.1) is 0 Å². The lowest BCUT2D eigenvalue weighted by molar-refractivity contribution is 0.171. The quantitative estimate of drug-likeness (QED) is 0.802. The van der Waals surface area contributed by atoms with E-state index in [0.29, 0.717) is 18.0 Å². The van der Waals surface area contributed by atoms with Crippen molar-refractivity contribution in [2.45, 2.75) is 24.8 Å². The average molecular weight is 336 g/mol. The molecule has 0 spiro atoms. The van der Waals surface area contributed by atoms with Crippen molar-refractivity contribution >= 4 is 26.0 Å². The van der Waals surface area contributed by atoms with E-state index in [0.717, 1.165) is 4.47 Å². The second-order valence-corrected chi connectivity index (χ2v) is 6.97. The van der Waals surface area contributed by atoms with Gasteiger partial charge in [-0.3, -0.25) is 0 Å². The summed E-state index contributed by atoms with van der Waals surface area (Å²) in [5.74, 6) is 0. The summed E-state index contributed by atoms with van der Waals surface area (Å²) in [6.07, 6.45) is 0. The first-order chi connectivity index (χ1) is 8.39. The van der Waals surface area contributed by atoms with E-state index >= 15 is 0 Å². The van der Waals surface area contributed by atoms with Gasteiger partial charge in [0, 0.05) is 24.2 Å². The van der Waals surface area contributed by atoms with Crippen molar-refractivity contribution in [1.82, 2.24) is 4.31 Å². The number of methoxy groups -OCH3 is 1. The first-order valence-electron chi connectivity index (χ1n) is 5.66. The molecule has 0 aliphatic carbocycles.